The van der Waals surface area contributed by atoms with Crippen LogP contribution in [-0.4, -0.2) is 36.3 Å². The molecule has 158 valence electrons. The van der Waals surface area contributed by atoms with E-state index in [4.69, 9.17) is 4.74 Å². The number of rotatable bonds is 5. The molecule has 0 unspecified atom stereocenters. The lowest BCUT2D eigenvalue weighted by Gasteiger charge is -2.30. The summed E-state index contributed by atoms with van der Waals surface area (Å²) in [5.74, 6) is -0.0442. The van der Waals surface area contributed by atoms with Crippen LogP contribution in [0, 0.1) is 12.7 Å². The van der Waals surface area contributed by atoms with Gasteiger partial charge < -0.3 is 20.3 Å². The van der Waals surface area contributed by atoms with E-state index in [1.807, 2.05) is 62.4 Å². The van der Waals surface area contributed by atoms with Crippen molar-refractivity contribution < 1.29 is 9.13 Å². The van der Waals surface area contributed by atoms with Gasteiger partial charge in [-0.3, -0.25) is 0 Å². The van der Waals surface area contributed by atoms with E-state index in [1.165, 1.54) is 5.69 Å². The van der Waals surface area contributed by atoms with Crippen LogP contribution in [0.5, 0.6) is 0 Å². The number of halogens is 1. The number of nitrogens with one attached hydrogen (secondary N) is 2. The van der Waals surface area contributed by atoms with Gasteiger partial charge in [0.05, 0.1) is 19.4 Å². The minimum absolute atomic E-state index is 0.131. The molecule has 3 aromatic rings. The van der Waals surface area contributed by atoms with Crippen LogP contribution in [0.1, 0.15) is 19.4 Å². The molecule has 1 fully saturated rings. The van der Waals surface area contributed by atoms with Crippen LogP contribution in [-0.2, 0) is 4.74 Å². The van der Waals surface area contributed by atoms with Crippen LogP contribution >= 0.6 is 0 Å². The van der Waals surface area contributed by atoms with Crippen LogP contribution in [0.15, 0.2) is 54.7 Å². The van der Waals surface area contributed by atoms with Crippen molar-refractivity contribution >= 4 is 28.8 Å². The van der Waals surface area contributed by atoms with Gasteiger partial charge in [0.2, 0.25) is 5.95 Å². The Hall–Kier alpha value is -3.19. The average Bonchev–Trinajstić information content (AvgIpc) is 2.79. The van der Waals surface area contributed by atoms with Gasteiger partial charge in [-0.25, -0.2) is 9.37 Å². The first-order valence-corrected chi connectivity index (χ1v) is 10.2. The third-order valence-corrected chi connectivity index (χ3v) is 4.59. The lowest BCUT2D eigenvalue weighted by atomic mass is 10.1. The van der Waals surface area contributed by atoms with Crippen molar-refractivity contribution in [3.63, 3.8) is 0 Å². The molecule has 6 nitrogen and oxygen atoms in total. The van der Waals surface area contributed by atoms with Crippen molar-refractivity contribution in [2.75, 3.05) is 41.8 Å². The fraction of sp³-hybridized carbons (Fsp3) is 0.304. The summed E-state index contributed by atoms with van der Waals surface area (Å²) >= 11 is 0. The van der Waals surface area contributed by atoms with Gasteiger partial charge in [0, 0.05) is 30.2 Å². The van der Waals surface area contributed by atoms with E-state index in [-0.39, 0.29) is 5.82 Å². The van der Waals surface area contributed by atoms with Crippen LogP contribution < -0.4 is 15.5 Å². The molecule has 0 bridgehead atoms. The summed E-state index contributed by atoms with van der Waals surface area (Å²) in [6.07, 6.45) is 1.16. The predicted molar refractivity (Wildman–Crippen MR) is 121 cm³/mol. The number of hydrogen-bond donors (Lipinski definition) is 2. The number of ether oxygens (including phenoxy) is 1. The molecule has 2 heterocycles. The Morgan fingerprint density at radius 1 is 0.967 bits per heavy atom. The Kier molecular flexibility index (Phi) is 7.57. The molecule has 0 amide bonds. The van der Waals surface area contributed by atoms with E-state index in [0.29, 0.717) is 5.95 Å². The molecule has 1 aliphatic rings. The Bertz CT molecular complexity index is 946. The fourth-order valence-electron chi connectivity index (χ4n) is 3.19. The van der Waals surface area contributed by atoms with Crippen molar-refractivity contribution in [3.05, 3.63) is 66.1 Å². The van der Waals surface area contributed by atoms with Gasteiger partial charge in [-0.15, -0.1) is 0 Å². The van der Waals surface area contributed by atoms with Gasteiger partial charge in [-0.05, 0) is 42.8 Å². The molecule has 30 heavy (non-hydrogen) atoms. The summed E-state index contributed by atoms with van der Waals surface area (Å²) in [4.78, 5) is 10.6. The first-order valence-electron chi connectivity index (χ1n) is 10.2. The minimum Gasteiger partial charge on any atom is -0.378 e. The number of aromatic nitrogens is 2. The number of benzene rings is 2. The van der Waals surface area contributed by atoms with Gasteiger partial charge in [-0.1, -0.05) is 32.0 Å². The number of para-hydroxylation sites is 1. The van der Waals surface area contributed by atoms with Crippen LogP contribution in [0.2, 0.25) is 0 Å². The third-order valence-electron chi connectivity index (χ3n) is 4.59. The monoisotopic (exact) mass is 409 g/mol. The van der Waals surface area contributed by atoms with Gasteiger partial charge >= 0.3 is 0 Å². The number of nitrogens with zero attached hydrogens (tertiary/aromatic N) is 3. The lowest BCUT2D eigenvalue weighted by molar-refractivity contribution is 0.122. The van der Waals surface area contributed by atoms with E-state index < -0.39 is 5.82 Å². The molecule has 0 radical (unpaired) electrons. The second kappa shape index (κ2) is 10.5. The highest BCUT2D eigenvalue weighted by atomic mass is 19.1. The van der Waals surface area contributed by atoms with Crippen molar-refractivity contribution in [3.8, 4) is 0 Å². The second-order valence-corrected chi connectivity index (χ2v) is 6.61. The maximum Gasteiger partial charge on any atom is 0.229 e. The molecule has 0 saturated carbocycles. The normalized spacial score (nSPS) is 13.3. The zero-order valence-corrected chi connectivity index (χ0v) is 17.7. The standard InChI is InChI=1S/C21H22FN5O.C2H6/c1-15-13-17(7-8-19(15)27-9-11-28-12-10-27)24-20-18(22)14-23-21(26-20)25-16-5-3-2-4-6-16;1-2/h2-8,13-14H,9-12H2,1H3,(H2,23,24,25,26);1-2H3. The Morgan fingerprint density at radius 3 is 2.40 bits per heavy atom. The van der Waals surface area contributed by atoms with Crippen molar-refractivity contribution in [2.45, 2.75) is 20.8 Å². The second-order valence-electron chi connectivity index (χ2n) is 6.61. The largest absolute Gasteiger partial charge is 0.378 e. The van der Waals surface area contributed by atoms with E-state index in [1.54, 1.807) is 0 Å². The zero-order chi connectivity index (χ0) is 21.3. The zero-order valence-electron chi connectivity index (χ0n) is 17.7. The molecule has 1 aromatic heterocycles. The lowest BCUT2D eigenvalue weighted by Crippen LogP contribution is -2.36. The fourth-order valence-corrected chi connectivity index (χ4v) is 3.19. The quantitative estimate of drug-likeness (QED) is 0.598. The highest BCUT2D eigenvalue weighted by Gasteiger charge is 2.14. The summed E-state index contributed by atoms with van der Waals surface area (Å²) in [6.45, 7) is 9.28. The maximum absolute atomic E-state index is 14.2. The smallest absolute Gasteiger partial charge is 0.229 e. The molecule has 2 N–H and O–H groups in total. The Labute approximate surface area is 177 Å². The predicted octanol–water partition coefficient (Wildman–Crippen LogP) is 5.27. The summed E-state index contributed by atoms with van der Waals surface area (Å²) in [5.41, 5.74) is 3.90. The van der Waals surface area contributed by atoms with Crippen molar-refractivity contribution in [1.29, 1.82) is 0 Å². The number of anilines is 5. The summed E-state index contributed by atoms with van der Waals surface area (Å²) < 4.78 is 19.6. The number of aryl methyl sites for hydroxylation is 1. The number of morpholine rings is 1. The van der Waals surface area contributed by atoms with Crippen molar-refractivity contribution in [2.24, 2.45) is 0 Å². The van der Waals surface area contributed by atoms with Gasteiger partial charge in [0.15, 0.2) is 11.6 Å². The Morgan fingerprint density at radius 2 is 1.70 bits per heavy atom. The van der Waals surface area contributed by atoms with Gasteiger partial charge in [-0.2, -0.15) is 4.98 Å². The SMILES string of the molecule is CC.Cc1cc(Nc2nc(Nc3ccccc3)ncc2F)ccc1N1CCOCC1. The summed E-state index contributed by atoms with van der Waals surface area (Å²) in [7, 11) is 0. The highest BCUT2D eigenvalue weighted by molar-refractivity contribution is 5.65. The minimum atomic E-state index is -0.506. The highest BCUT2D eigenvalue weighted by Crippen LogP contribution is 2.27. The van der Waals surface area contributed by atoms with E-state index in [0.717, 1.165) is 49.4 Å². The molecule has 1 aliphatic heterocycles. The molecule has 0 atom stereocenters. The van der Waals surface area contributed by atoms with Crippen LogP contribution in [0.3, 0.4) is 0 Å². The molecule has 0 aliphatic carbocycles. The summed E-state index contributed by atoms with van der Waals surface area (Å²) in [6, 6.07) is 15.5. The van der Waals surface area contributed by atoms with E-state index >= 15 is 0 Å². The molecule has 7 heteroatoms. The van der Waals surface area contributed by atoms with E-state index in [2.05, 4.69) is 32.4 Å². The molecular weight excluding hydrogens is 381 g/mol. The first kappa shape index (κ1) is 21.5. The maximum atomic E-state index is 14.2. The van der Waals surface area contributed by atoms with Crippen molar-refractivity contribution in [1.82, 2.24) is 9.97 Å². The molecule has 2 aromatic carbocycles. The topological polar surface area (TPSA) is 62.3 Å². The third kappa shape index (κ3) is 5.45. The number of hydrogen-bond acceptors (Lipinski definition) is 6. The molecular formula is C23H28FN5O. The average molecular weight is 410 g/mol. The molecule has 4 rings (SSSR count). The molecule has 0 spiro atoms. The van der Waals surface area contributed by atoms with Crippen LogP contribution in [0.4, 0.5) is 33.2 Å². The first-order chi connectivity index (χ1) is 14.7. The van der Waals surface area contributed by atoms with Gasteiger partial charge in [0.1, 0.15) is 0 Å². The summed E-state index contributed by atoms with van der Waals surface area (Å²) in [5, 5.41) is 6.13. The van der Waals surface area contributed by atoms with Crippen LogP contribution in [0.25, 0.3) is 0 Å². The van der Waals surface area contributed by atoms with E-state index in [9.17, 15) is 4.39 Å². The Balaban J connectivity index is 0.00000124. The van der Waals surface area contributed by atoms with Gasteiger partial charge in [0.25, 0.3) is 0 Å². The molecule has 1 saturated heterocycles.